The molecule has 0 radical (unpaired) electrons. The van der Waals surface area contributed by atoms with Crippen LogP contribution in [0, 0.1) is 0 Å². The molecule has 1 unspecified atom stereocenters. The van der Waals surface area contributed by atoms with Gasteiger partial charge in [0.2, 0.25) is 0 Å². The summed E-state index contributed by atoms with van der Waals surface area (Å²) in [6.07, 6.45) is 2.52. The van der Waals surface area contributed by atoms with Gasteiger partial charge < -0.3 is 4.57 Å². The standard InChI is InChI=1S/C12H27NSi/c1-7-10-13(11-8-2)14(6,9-3)12(4)5/h4,7-11H2,1-3,5-6H3. The Bertz CT molecular complexity index is 173. The SMILES string of the molecule is C=C(C)[Si](C)(CC)N(CCC)CCC. The van der Waals surface area contributed by atoms with Crippen LogP contribution in [0.25, 0.3) is 0 Å². The smallest absolute Gasteiger partial charge is 0.152 e. The highest BCUT2D eigenvalue weighted by Crippen LogP contribution is 2.23. The van der Waals surface area contributed by atoms with Gasteiger partial charge in [0.25, 0.3) is 0 Å². The Morgan fingerprint density at radius 1 is 1.14 bits per heavy atom. The van der Waals surface area contributed by atoms with Crippen molar-refractivity contribution >= 4 is 8.24 Å². The normalized spacial score (nSPS) is 15.6. The summed E-state index contributed by atoms with van der Waals surface area (Å²) in [7, 11) is -1.33. The molecule has 0 aliphatic heterocycles. The summed E-state index contributed by atoms with van der Waals surface area (Å²) in [6.45, 7) is 18.2. The van der Waals surface area contributed by atoms with E-state index in [1.165, 1.54) is 37.2 Å². The lowest BCUT2D eigenvalue weighted by Gasteiger charge is -2.39. The molecule has 0 N–H and O–H groups in total. The first-order chi connectivity index (χ1) is 6.52. The van der Waals surface area contributed by atoms with Gasteiger partial charge in [0.05, 0.1) is 0 Å². The van der Waals surface area contributed by atoms with Crippen LogP contribution >= 0.6 is 0 Å². The average Bonchev–Trinajstić information content (AvgIpc) is 2.16. The molecule has 2 heteroatoms. The minimum absolute atomic E-state index is 1.25. The van der Waals surface area contributed by atoms with Crippen LogP contribution in [0.5, 0.6) is 0 Å². The molecule has 0 aromatic heterocycles. The maximum atomic E-state index is 4.20. The topological polar surface area (TPSA) is 3.24 Å². The third-order valence-corrected chi connectivity index (χ3v) is 8.35. The molecule has 0 saturated carbocycles. The zero-order valence-electron chi connectivity index (χ0n) is 10.7. The first kappa shape index (κ1) is 13.9. The zero-order chi connectivity index (χ0) is 11.2. The molecule has 0 bridgehead atoms. The molecule has 0 aromatic rings. The first-order valence-electron chi connectivity index (χ1n) is 5.93. The maximum absolute atomic E-state index is 4.20. The highest BCUT2D eigenvalue weighted by molar-refractivity contribution is 6.82. The lowest BCUT2D eigenvalue weighted by atomic mass is 10.4. The summed E-state index contributed by atoms with van der Waals surface area (Å²) in [5.74, 6) is 0. The van der Waals surface area contributed by atoms with E-state index in [-0.39, 0.29) is 0 Å². The zero-order valence-corrected chi connectivity index (χ0v) is 11.7. The van der Waals surface area contributed by atoms with E-state index < -0.39 is 8.24 Å². The highest BCUT2D eigenvalue weighted by Gasteiger charge is 2.32. The van der Waals surface area contributed by atoms with Crippen LogP contribution < -0.4 is 0 Å². The van der Waals surface area contributed by atoms with Crippen molar-refractivity contribution in [3.05, 3.63) is 11.8 Å². The monoisotopic (exact) mass is 213 g/mol. The van der Waals surface area contributed by atoms with Crippen LogP contribution in [0.2, 0.25) is 12.6 Å². The molecule has 1 nitrogen and oxygen atoms in total. The Hall–Kier alpha value is -0.0831. The van der Waals surface area contributed by atoms with Crippen LogP contribution in [-0.2, 0) is 0 Å². The minimum Gasteiger partial charge on any atom is -0.320 e. The Morgan fingerprint density at radius 2 is 1.57 bits per heavy atom. The van der Waals surface area contributed by atoms with Crippen molar-refractivity contribution in [2.75, 3.05) is 13.1 Å². The molecule has 0 heterocycles. The molecular formula is C12H27NSi. The van der Waals surface area contributed by atoms with Gasteiger partial charge in [-0.25, -0.2) is 0 Å². The van der Waals surface area contributed by atoms with E-state index >= 15 is 0 Å². The van der Waals surface area contributed by atoms with Gasteiger partial charge in [0, 0.05) is 0 Å². The Balaban J connectivity index is 4.63. The van der Waals surface area contributed by atoms with E-state index in [4.69, 9.17) is 0 Å². The van der Waals surface area contributed by atoms with Gasteiger partial charge in [-0.2, -0.15) is 0 Å². The second-order valence-electron chi connectivity index (χ2n) is 4.39. The van der Waals surface area contributed by atoms with Gasteiger partial charge in [-0.3, -0.25) is 0 Å². The van der Waals surface area contributed by atoms with Crippen LogP contribution in [0.4, 0.5) is 0 Å². The Labute approximate surface area is 91.3 Å². The summed E-state index contributed by atoms with van der Waals surface area (Å²) in [4.78, 5) is 0. The molecule has 0 fully saturated rings. The van der Waals surface area contributed by atoms with Gasteiger partial charge in [-0.05, 0) is 38.9 Å². The molecule has 14 heavy (non-hydrogen) atoms. The molecule has 0 aliphatic carbocycles. The summed E-state index contributed by atoms with van der Waals surface area (Å²) >= 11 is 0. The number of hydrogen-bond acceptors (Lipinski definition) is 1. The molecule has 84 valence electrons. The van der Waals surface area contributed by atoms with Gasteiger partial charge in [0.1, 0.15) is 0 Å². The first-order valence-corrected chi connectivity index (χ1v) is 8.59. The molecule has 1 atom stereocenters. The minimum atomic E-state index is -1.33. The van der Waals surface area contributed by atoms with E-state index in [1.807, 2.05) is 0 Å². The van der Waals surface area contributed by atoms with E-state index in [9.17, 15) is 0 Å². The van der Waals surface area contributed by atoms with Crippen molar-refractivity contribution < 1.29 is 0 Å². The molecule has 0 amide bonds. The lowest BCUT2D eigenvalue weighted by molar-refractivity contribution is 0.418. The van der Waals surface area contributed by atoms with Crippen LogP contribution in [0.3, 0.4) is 0 Å². The quantitative estimate of drug-likeness (QED) is 0.581. The van der Waals surface area contributed by atoms with E-state index in [0.717, 1.165) is 0 Å². The number of hydrogen-bond donors (Lipinski definition) is 0. The number of allylic oxidation sites excluding steroid dienone is 1. The second kappa shape index (κ2) is 6.41. The predicted octanol–water partition coefficient (Wildman–Crippen LogP) is 3.82. The van der Waals surface area contributed by atoms with Crippen LogP contribution in [-0.4, -0.2) is 25.9 Å². The summed E-state index contributed by atoms with van der Waals surface area (Å²) in [5, 5.41) is 1.43. The molecule has 0 spiro atoms. The summed E-state index contributed by atoms with van der Waals surface area (Å²) in [5.41, 5.74) is 0. The van der Waals surface area contributed by atoms with Gasteiger partial charge in [-0.1, -0.05) is 32.5 Å². The van der Waals surface area contributed by atoms with Gasteiger partial charge in [-0.15, -0.1) is 6.58 Å². The Kier molecular flexibility index (Phi) is 6.37. The van der Waals surface area contributed by atoms with Crippen LogP contribution in [0.1, 0.15) is 40.5 Å². The fraction of sp³-hybridized carbons (Fsp3) is 0.833. The Morgan fingerprint density at radius 3 is 1.79 bits per heavy atom. The molecular weight excluding hydrogens is 186 g/mol. The number of nitrogens with zero attached hydrogens (tertiary/aromatic N) is 1. The summed E-state index contributed by atoms with van der Waals surface area (Å²) in [6, 6.07) is 1.29. The second-order valence-corrected chi connectivity index (χ2v) is 9.14. The van der Waals surface area contributed by atoms with Crippen molar-refractivity contribution in [3.63, 3.8) is 0 Å². The van der Waals surface area contributed by atoms with E-state index in [1.54, 1.807) is 0 Å². The van der Waals surface area contributed by atoms with E-state index in [0.29, 0.717) is 0 Å². The maximum Gasteiger partial charge on any atom is 0.152 e. The van der Waals surface area contributed by atoms with Crippen molar-refractivity contribution in [1.82, 2.24) is 4.57 Å². The van der Waals surface area contributed by atoms with Crippen molar-refractivity contribution in [3.8, 4) is 0 Å². The van der Waals surface area contributed by atoms with Gasteiger partial charge >= 0.3 is 0 Å². The van der Waals surface area contributed by atoms with Crippen molar-refractivity contribution in [2.24, 2.45) is 0 Å². The summed E-state index contributed by atoms with van der Waals surface area (Å²) < 4.78 is 2.72. The fourth-order valence-corrected chi connectivity index (χ4v) is 4.97. The predicted molar refractivity (Wildman–Crippen MR) is 69.1 cm³/mol. The third-order valence-electron chi connectivity index (χ3n) is 3.29. The third kappa shape index (κ3) is 3.25. The average molecular weight is 213 g/mol. The molecule has 0 aromatic carbocycles. The van der Waals surface area contributed by atoms with Crippen LogP contribution in [0.15, 0.2) is 11.8 Å². The lowest BCUT2D eigenvalue weighted by Crippen LogP contribution is -2.52. The fourth-order valence-electron chi connectivity index (χ4n) is 1.94. The largest absolute Gasteiger partial charge is 0.320 e. The van der Waals surface area contributed by atoms with E-state index in [2.05, 4.69) is 45.4 Å². The van der Waals surface area contributed by atoms with Gasteiger partial charge in [0.15, 0.2) is 8.24 Å². The van der Waals surface area contributed by atoms with Crippen molar-refractivity contribution in [1.29, 1.82) is 0 Å². The van der Waals surface area contributed by atoms with Crippen molar-refractivity contribution in [2.45, 2.75) is 53.1 Å². The number of rotatable bonds is 7. The highest BCUT2D eigenvalue weighted by atomic mass is 28.3. The molecule has 0 rings (SSSR count). The molecule has 0 saturated heterocycles. The molecule has 0 aliphatic rings.